The number of rotatable bonds is 5. The molecule has 188 valence electrons. The zero-order valence-corrected chi connectivity index (χ0v) is 21.8. The summed E-state index contributed by atoms with van der Waals surface area (Å²) in [5.74, 6) is 0.193. The molecule has 1 unspecified atom stereocenters. The van der Waals surface area contributed by atoms with Crippen molar-refractivity contribution >= 4 is 45.8 Å². The third-order valence-corrected chi connectivity index (χ3v) is 7.33. The summed E-state index contributed by atoms with van der Waals surface area (Å²) < 4.78 is 12.1. The number of nitrogens with zero attached hydrogens (tertiary/aromatic N) is 1. The lowest BCUT2D eigenvalue weighted by Gasteiger charge is -2.26. The minimum Gasteiger partial charge on any atom is -0.489 e. The van der Waals surface area contributed by atoms with Crippen LogP contribution in [0.2, 0.25) is 10.0 Å². The van der Waals surface area contributed by atoms with Crippen molar-refractivity contribution in [1.29, 1.82) is 0 Å². The van der Waals surface area contributed by atoms with Gasteiger partial charge in [0.1, 0.15) is 17.9 Å². The van der Waals surface area contributed by atoms with Crippen molar-refractivity contribution in [2.75, 3.05) is 4.90 Å². The van der Waals surface area contributed by atoms with Crippen molar-refractivity contribution in [3.8, 4) is 5.75 Å². The first kappa shape index (κ1) is 24.3. The molecule has 0 spiro atoms. The fourth-order valence-electron chi connectivity index (χ4n) is 4.77. The van der Waals surface area contributed by atoms with Gasteiger partial charge in [-0.05, 0) is 66.1 Å². The van der Waals surface area contributed by atoms with Gasteiger partial charge in [-0.15, -0.1) is 0 Å². The van der Waals surface area contributed by atoms with Crippen LogP contribution >= 0.6 is 23.2 Å². The van der Waals surface area contributed by atoms with Gasteiger partial charge in [-0.2, -0.15) is 0 Å². The van der Waals surface area contributed by atoms with Crippen LogP contribution < -0.4 is 15.1 Å². The summed E-state index contributed by atoms with van der Waals surface area (Å²) in [4.78, 5) is 29.2. The third kappa shape index (κ3) is 4.24. The Labute approximate surface area is 228 Å². The second-order valence-electron chi connectivity index (χ2n) is 9.17. The van der Waals surface area contributed by atoms with Gasteiger partial charge in [-0.3, -0.25) is 14.5 Å². The first-order valence-electron chi connectivity index (χ1n) is 12.0. The molecule has 1 atom stereocenters. The highest BCUT2D eigenvalue weighted by atomic mass is 35.5. The van der Waals surface area contributed by atoms with Gasteiger partial charge in [-0.1, -0.05) is 71.7 Å². The molecule has 0 bridgehead atoms. The number of anilines is 1. The summed E-state index contributed by atoms with van der Waals surface area (Å²) in [6, 6.07) is 26.7. The highest BCUT2D eigenvalue weighted by Gasteiger charge is 2.44. The van der Waals surface area contributed by atoms with E-state index in [2.05, 4.69) is 0 Å². The monoisotopic (exact) mass is 541 g/mol. The van der Waals surface area contributed by atoms with Crippen molar-refractivity contribution in [2.45, 2.75) is 19.6 Å². The number of fused-ring (bicyclic) bond motifs is 2. The summed E-state index contributed by atoms with van der Waals surface area (Å²) in [5, 5.41) is 1.24. The Morgan fingerprint density at radius 1 is 0.895 bits per heavy atom. The maximum atomic E-state index is 13.8. The van der Waals surface area contributed by atoms with Crippen molar-refractivity contribution in [3.63, 3.8) is 0 Å². The number of hydrogen-bond donors (Lipinski definition) is 0. The number of amides is 1. The standard InChI is InChI=1S/C31H21Cl2NO4/c1-18-10-12-22(16-25(18)33)34-28(20-8-5-9-23(14-20)37-17-19-6-3-2-4-7-19)27-29(35)24-15-21(32)11-13-26(24)38-30(27)31(34)36/h2-16,28H,17H2,1H3. The smallest absolute Gasteiger partial charge is 0.295 e. The number of halogens is 2. The quantitative estimate of drug-likeness (QED) is 0.228. The molecule has 2 heterocycles. The number of benzene rings is 4. The fourth-order valence-corrected chi connectivity index (χ4v) is 5.12. The van der Waals surface area contributed by atoms with Gasteiger partial charge >= 0.3 is 0 Å². The molecule has 5 nitrogen and oxygen atoms in total. The predicted molar refractivity (Wildman–Crippen MR) is 150 cm³/mol. The molecule has 0 saturated carbocycles. The van der Waals surface area contributed by atoms with Gasteiger partial charge in [0.15, 0.2) is 5.43 Å². The SMILES string of the molecule is Cc1ccc(N2C(=O)c3oc4ccc(Cl)cc4c(=O)c3C2c2cccc(OCc3ccccc3)c2)cc1Cl. The Kier molecular flexibility index (Phi) is 6.18. The minimum atomic E-state index is -0.754. The second-order valence-corrected chi connectivity index (χ2v) is 10.0. The normalized spacial score (nSPS) is 14.7. The first-order chi connectivity index (χ1) is 18.4. The van der Waals surface area contributed by atoms with Crippen LogP contribution in [-0.4, -0.2) is 5.91 Å². The molecular formula is C31H21Cl2NO4. The van der Waals surface area contributed by atoms with Crippen LogP contribution in [0.4, 0.5) is 5.69 Å². The number of carbonyl (C=O) groups excluding carboxylic acids is 1. The van der Waals surface area contributed by atoms with E-state index >= 15 is 0 Å². The van der Waals surface area contributed by atoms with Gasteiger partial charge < -0.3 is 9.15 Å². The van der Waals surface area contributed by atoms with Crippen LogP contribution in [0.3, 0.4) is 0 Å². The lowest BCUT2D eigenvalue weighted by atomic mass is 9.98. The molecular weight excluding hydrogens is 521 g/mol. The van der Waals surface area contributed by atoms with E-state index in [0.29, 0.717) is 44.6 Å². The van der Waals surface area contributed by atoms with Gasteiger partial charge in [0.05, 0.1) is 17.0 Å². The number of carbonyl (C=O) groups is 1. The molecule has 1 aliphatic rings. The van der Waals surface area contributed by atoms with Crippen LogP contribution in [0.1, 0.15) is 38.9 Å². The summed E-state index contributed by atoms with van der Waals surface area (Å²) in [7, 11) is 0. The molecule has 7 heteroatoms. The number of ether oxygens (including phenoxy) is 1. The average Bonchev–Trinajstić information content (AvgIpc) is 3.22. The fraction of sp³-hybridized carbons (Fsp3) is 0.0968. The van der Waals surface area contributed by atoms with E-state index in [4.69, 9.17) is 32.4 Å². The molecule has 6 rings (SSSR count). The Morgan fingerprint density at radius 3 is 2.50 bits per heavy atom. The molecule has 0 saturated heterocycles. The molecule has 4 aromatic carbocycles. The van der Waals surface area contributed by atoms with E-state index in [1.807, 2.05) is 73.7 Å². The van der Waals surface area contributed by atoms with Gasteiger partial charge in [0.2, 0.25) is 5.76 Å². The van der Waals surface area contributed by atoms with Crippen molar-refractivity contribution in [3.05, 3.63) is 139 Å². The Bertz CT molecular complexity index is 1760. The highest BCUT2D eigenvalue weighted by Crippen LogP contribution is 2.43. The average molecular weight is 542 g/mol. The maximum Gasteiger partial charge on any atom is 0.295 e. The Morgan fingerprint density at radius 2 is 1.71 bits per heavy atom. The molecule has 5 aromatic rings. The second kappa shape index (κ2) is 9.67. The van der Waals surface area contributed by atoms with Gasteiger partial charge in [0.25, 0.3) is 5.91 Å². The molecule has 1 amide bonds. The van der Waals surface area contributed by atoms with Crippen LogP contribution in [0.5, 0.6) is 5.75 Å². The van der Waals surface area contributed by atoms with Gasteiger partial charge in [0, 0.05) is 15.7 Å². The molecule has 0 fully saturated rings. The zero-order chi connectivity index (χ0) is 26.4. The maximum absolute atomic E-state index is 13.8. The molecule has 0 radical (unpaired) electrons. The Balaban J connectivity index is 1.51. The summed E-state index contributed by atoms with van der Waals surface area (Å²) >= 11 is 12.6. The molecule has 1 aromatic heterocycles. The van der Waals surface area contributed by atoms with E-state index in [0.717, 1.165) is 11.1 Å². The van der Waals surface area contributed by atoms with Crippen LogP contribution in [0.15, 0.2) is 100 Å². The van der Waals surface area contributed by atoms with E-state index in [-0.39, 0.29) is 16.8 Å². The summed E-state index contributed by atoms with van der Waals surface area (Å²) in [5.41, 5.74) is 3.41. The van der Waals surface area contributed by atoms with Crippen LogP contribution in [0.25, 0.3) is 11.0 Å². The summed E-state index contributed by atoms with van der Waals surface area (Å²) in [6.45, 7) is 2.27. The Hall–Kier alpha value is -4.06. The number of aryl methyl sites for hydroxylation is 1. The van der Waals surface area contributed by atoms with Crippen molar-refractivity contribution < 1.29 is 13.9 Å². The first-order valence-corrected chi connectivity index (χ1v) is 12.8. The number of hydrogen-bond acceptors (Lipinski definition) is 4. The van der Waals surface area contributed by atoms with Crippen molar-refractivity contribution in [1.82, 2.24) is 0 Å². The molecule has 0 aliphatic carbocycles. The molecule has 38 heavy (non-hydrogen) atoms. The van der Waals surface area contributed by atoms with E-state index in [1.165, 1.54) is 0 Å². The third-order valence-electron chi connectivity index (χ3n) is 6.69. The summed E-state index contributed by atoms with van der Waals surface area (Å²) in [6.07, 6.45) is 0. The van der Waals surface area contributed by atoms with Crippen molar-refractivity contribution in [2.24, 2.45) is 0 Å². The van der Waals surface area contributed by atoms with Gasteiger partial charge in [-0.25, -0.2) is 0 Å². The molecule has 1 aliphatic heterocycles. The topological polar surface area (TPSA) is 59.8 Å². The van der Waals surface area contributed by atoms with E-state index in [9.17, 15) is 9.59 Å². The minimum absolute atomic E-state index is 0.00197. The zero-order valence-electron chi connectivity index (χ0n) is 20.3. The largest absolute Gasteiger partial charge is 0.489 e. The van der Waals surface area contributed by atoms with Crippen LogP contribution in [-0.2, 0) is 6.61 Å². The lowest BCUT2D eigenvalue weighted by Crippen LogP contribution is -2.29. The van der Waals surface area contributed by atoms with E-state index < -0.39 is 11.9 Å². The van der Waals surface area contributed by atoms with Crippen LogP contribution in [0, 0.1) is 6.92 Å². The molecule has 0 N–H and O–H groups in total. The predicted octanol–water partition coefficient (Wildman–Crippen LogP) is 7.74. The highest BCUT2D eigenvalue weighted by molar-refractivity contribution is 6.32. The lowest BCUT2D eigenvalue weighted by molar-refractivity contribution is 0.0971. The van der Waals surface area contributed by atoms with E-state index in [1.54, 1.807) is 29.2 Å².